The molecule has 0 heterocycles. The van der Waals surface area contributed by atoms with Crippen molar-refractivity contribution in [3.05, 3.63) is 27.8 Å². The number of para-hydroxylation sites is 1. The van der Waals surface area contributed by atoms with Gasteiger partial charge in [-0.3, -0.25) is 4.72 Å². The van der Waals surface area contributed by atoms with Gasteiger partial charge in [0.15, 0.2) is 0 Å². The Morgan fingerprint density at radius 1 is 1.31 bits per heavy atom. The molecule has 1 N–H and O–H groups in total. The summed E-state index contributed by atoms with van der Waals surface area (Å²) in [5, 5.41) is 0. The van der Waals surface area contributed by atoms with E-state index in [-0.39, 0.29) is 5.75 Å². The summed E-state index contributed by atoms with van der Waals surface area (Å²) in [7, 11) is -3.21. The number of anilines is 1. The van der Waals surface area contributed by atoms with Crippen LogP contribution in [0.4, 0.5) is 5.69 Å². The van der Waals surface area contributed by atoms with E-state index in [4.69, 9.17) is 0 Å². The maximum atomic E-state index is 11.7. The fraction of sp³-hybridized carbons (Fsp3) is 0.455. The van der Waals surface area contributed by atoms with E-state index < -0.39 is 10.0 Å². The fourth-order valence-corrected chi connectivity index (χ4v) is 3.26. The molecule has 0 radical (unpaired) electrons. The molecule has 0 unspecified atom stereocenters. The van der Waals surface area contributed by atoms with Crippen molar-refractivity contribution in [1.29, 1.82) is 0 Å². The number of hydrogen-bond donors (Lipinski definition) is 1. The number of sulfonamides is 1. The van der Waals surface area contributed by atoms with Gasteiger partial charge in [0, 0.05) is 3.57 Å². The average molecular weight is 353 g/mol. The van der Waals surface area contributed by atoms with Gasteiger partial charge >= 0.3 is 0 Å². The van der Waals surface area contributed by atoms with Crippen LogP contribution in [0.1, 0.15) is 20.3 Å². The van der Waals surface area contributed by atoms with Gasteiger partial charge in [-0.05, 0) is 47.1 Å². The fourth-order valence-electron chi connectivity index (χ4n) is 1.15. The van der Waals surface area contributed by atoms with Gasteiger partial charge in [0.2, 0.25) is 10.0 Å². The zero-order valence-electron chi connectivity index (χ0n) is 9.40. The minimum absolute atomic E-state index is 0.176. The standard InChI is InChI=1S/C11H16INO2S/c1-9(2)7-8-16(14,15)13-11-6-4-3-5-10(11)12/h3-6,9,13H,7-8H2,1-2H3. The molecule has 0 aliphatic heterocycles. The molecule has 90 valence electrons. The molecule has 0 spiro atoms. The third-order valence-electron chi connectivity index (χ3n) is 2.10. The molecule has 0 saturated carbocycles. The molecule has 0 bridgehead atoms. The highest BCUT2D eigenvalue weighted by Gasteiger charge is 2.12. The maximum Gasteiger partial charge on any atom is 0.232 e. The molecule has 0 saturated heterocycles. The molecule has 0 aliphatic carbocycles. The van der Waals surface area contributed by atoms with E-state index in [0.29, 0.717) is 18.0 Å². The molecule has 1 aromatic carbocycles. The van der Waals surface area contributed by atoms with Crippen molar-refractivity contribution in [2.75, 3.05) is 10.5 Å². The van der Waals surface area contributed by atoms with Crippen LogP contribution in [0.2, 0.25) is 0 Å². The van der Waals surface area contributed by atoms with E-state index in [0.717, 1.165) is 3.57 Å². The van der Waals surface area contributed by atoms with Gasteiger partial charge in [-0.25, -0.2) is 8.42 Å². The highest BCUT2D eigenvalue weighted by atomic mass is 127. The Morgan fingerprint density at radius 3 is 2.50 bits per heavy atom. The highest BCUT2D eigenvalue weighted by Crippen LogP contribution is 2.18. The van der Waals surface area contributed by atoms with Gasteiger partial charge in [-0.1, -0.05) is 26.0 Å². The van der Waals surface area contributed by atoms with Crippen molar-refractivity contribution in [3.63, 3.8) is 0 Å². The quantitative estimate of drug-likeness (QED) is 0.827. The lowest BCUT2D eigenvalue weighted by molar-refractivity contribution is 0.578. The summed E-state index contributed by atoms with van der Waals surface area (Å²) in [6, 6.07) is 7.35. The Morgan fingerprint density at radius 2 is 1.94 bits per heavy atom. The largest absolute Gasteiger partial charge is 0.282 e. The SMILES string of the molecule is CC(C)CCS(=O)(=O)Nc1ccccc1I. The van der Waals surface area contributed by atoms with E-state index in [1.807, 2.05) is 32.0 Å². The number of rotatable bonds is 5. The summed E-state index contributed by atoms with van der Waals surface area (Å²) in [5.74, 6) is 0.571. The Hall–Kier alpha value is -0.300. The van der Waals surface area contributed by atoms with Gasteiger partial charge in [0.25, 0.3) is 0 Å². The second-order valence-corrected chi connectivity index (χ2v) is 7.09. The lowest BCUT2D eigenvalue weighted by Crippen LogP contribution is -2.18. The van der Waals surface area contributed by atoms with Crippen molar-refractivity contribution in [2.45, 2.75) is 20.3 Å². The predicted molar refractivity (Wildman–Crippen MR) is 76.0 cm³/mol. The molecule has 3 nitrogen and oxygen atoms in total. The zero-order chi connectivity index (χ0) is 12.2. The van der Waals surface area contributed by atoms with Gasteiger partial charge in [0.05, 0.1) is 11.4 Å². The number of benzene rings is 1. The third-order valence-corrected chi connectivity index (χ3v) is 4.35. The first-order chi connectivity index (χ1) is 7.41. The van der Waals surface area contributed by atoms with Crippen LogP contribution < -0.4 is 4.72 Å². The molecule has 0 aromatic heterocycles. The molecule has 0 aliphatic rings. The zero-order valence-corrected chi connectivity index (χ0v) is 12.4. The molecule has 1 aromatic rings. The van der Waals surface area contributed by atoms with Crippen LogP contribution in [-0.2, 0) is 10.0 Å². The molecule has 0 fully saturated rings. The summed E-state index contributed by atoms with van der Waals surface area (Å²) in [4.78, 5) is 0. The number of hydrogen-bond acceptors (Lipinski definition) is 2. The Balaban J connectivity index is 2.70. The minimum Gasteiger partial charge on any atom is -0.282 e. The first-order valence-electron chi connectivity index (χ1n) is 5.16. The molecular weight excluding hydrogens is 337 g/mol. The lowest BCUT2D eigenvalue weighted by Gasteiger charge is -2.10. The summed E-state index contributed by atoms with van der Waals surface area (Å²) < 4.78 is 27.0. The lowest BCUT2D eigenvalue weighted by atomic mass is 10.2. The van der Waals surface area contributed by atoms with E-state index in [2.05, 4.69) is 27.3 Å². The van der Waals surface area contributed by atoms with Crippen LogP contribution in [0.15, 0.2) is 24.3 Å². The third kappa shape index (κ3) is 4.69. The van der Waals surface area contributed by atoms with Crippen LogP contribution >= 0.6 is 22.6 Å². The normalized spacial score (nSPS) is 11.8. The van der Waals surface area contributed by atoms with E-state index in [1.54, 1.807) is 6.07 Å². The van der Waals surface area contributed by atoms with Crippen LogP contribution in [0, 0.1) is 9.49 Å². The minimum atomic E-state index is -3.21. The Bertz CT molecular complexity index is 443. The van der Waals surface area contributed by atoms with Crippen molar-refractivity contribution < 1.29 is 8.42 Å². The van der Waals surface area contributed by atoms with Crippen LogP contribution in [0.3, 0.4) is 0 Å². The molecule has 5 heteroatoms. The van der Waals surface area contributed by atoms with Gasteiger partial charge in [0.1, 0.15) is 0 Å². The average Bonchev–Trinajstić information content (AvgIpc) is 2.19. The Labute approximate surface area is 111 Å². The van der Waals surface area contributed by atoms with Crippen molar-refractivity contribution in [2.24, 2.45) is 5.92 Å². The van der Waals surface area contributed by atoms with Crippen LogP contribution in [-0.4, -0.2) is 14.2 Å². The highest BCUT2D eigenvalue weighted by molar-refractivity contribution is 14.1. The molecule has 1 rings (SSSR count). The van der Waals surface area contributed by atoms with E-state index in [1.165, 1.54) is 0 Å². The topological polar surface area (TPSA) is 46.2 Å². The van der Waals surface area contributed by atoms with Crippen molar-refractivity contribution >= 4 is 38.3 Å². The number of nitrogens with one attached hydrogen (secondary N) is 1. The summed E-state index contributed by atoms with van der Waals surface area (Å²) in [5.41, 5.74) is 0.659. The smallest absolute Gasteiger partial charge is 0.232 e. The maximum absolute atomic E-state index is 11.7. The van der Waals surface area contributed by atoms with Gasteiger partial charge in [-0.2, -0.15) is 0 Å². The Kier molecular flexibility index (Phi) is 5.04. The molecule has 0 amide bonds. The second-order valence-electron chi connectivity index (χ2n) is 4.08. The first-order valence-corrected chi connectivity index (χ1v) is 7.89. The van der Waals surface area contributed by atoms with E-state index in [9.17, 15) is 8.42 Å². The van der Waals surface area contributed by atoms with Gasteiger partial charge < -0.3 is 0 Å². The monoisotopic (exact) mass is 353 g/mol. The predicted octanol–water partition coefficient (Wildman–Crippen LogP) is 3.08. The number of halogens is 1. The first kappa shape index (κ1) is 13.8. The summed E-state index contributed by atoms with van der Waals surface area (Å²) >= 11 is 2.12. The van der Waals surface area contributed by atoms with E-state index >= 15 is 0 Å². The van der Waals surface area contributed by atoms with Gasteiger partial charge in [-0.15, -0.1) is 0 Å². The van der Waals surface area contributed by atoms with Crippen LogP contribution in [0.25, 0.3) is 0 Å². The van der Waals surface area contributed by atoms with Crippen molar-refractivity contribution in [1.82, 2.24) is 0 Å². The summed E-state index contributed by atoms with van der Waals surface area (Å²) in [6.45, 7) is 4.03. The van der Waals surface area contributed by atoms with Crippen LogP contribution in [0.5, 0.6) is 0 Å². The molecule has 16 heavy (non-hydrogen) atoms. The van der Waals surface area contributed by atoms with Crippen molar-refractivity contribution in [3.8, 4) is 0 Å². The molecular formula is C11H16INO2S. The second kappa shape index (κ2) is 5.86. The molecule has 0 atom stereocenters. The summed E-state index contributed by atoms with van der Waals surface area (Å²) in [6.07, 6.45) is 0.679.